The second-order valence-electron chi connectivity index (χ2n) is 6.50. The number of aromatic nitrogens is 1. The predicted octanol–water partition coefficient (Wildman–Crippen LogP) is 4.04. The van der Waals surface area contributed by atoms with E-state index in [1.54, 1.807) is 12.1 Å². The van der Waals surface area contributed by atoms with Crippen LogP contribution < -0.4 is 5.73 Å². The molecule has 2 heterocycles. The predicted molar refractivity (Wildman–Crippen MR) is 98.3 cm³/mol. The minimum atomic E-state index is -0.249. The first-order valence-electron chi connectivity index (χ1n) is 8.42. The summed E-state index contributed by atoms with van der Waals surface area (Å²) in [7, 11) is 0. The number of nitrogen functional groups attached to an aromatic ring is 1. The normalized spacial score (nSPS) is 14.5. The molecule has 0 atom stereocenters. The molecule has 1 aliphatic heterocycles. The van der Waals surface area contributed by atoms with E-state index >= 15 is 0 Å². The van der Waals surface area contributed by atoms with E-state index in [4.69, 9.17) is 10.7 Å². The Morgan fingerprint density at radius 3 is 2.60 bits per heavy atom. The van der Waals surface area contributed by atoms with Crippen molar-refractivity contribution >= 4 is 11.5 Å². The van der Waals surface area contributed by atoms with E-state index in [2.05, 4.69) is 17.1 Å². The second-order valence-corrected chi connectivity index (χ2v) is 6.50. The monoisotopic (exact) mass is 329 g/mol. The number of aliphatic imine (C=N–C) groups is 1. The van der Waals surface area contributed by atoms with Crippen LogP contribution in [0.4, 0.5) is 10.2 Å². The first-order chi connectivity index (χ1) is 12.2. The molecule has 1 aromatic heterocycles. The minimum absolute atomic E-state index is 0.249. The van der Waals surface area contributed by atoms with Gasteiger partial charge in [0.2, 0.25) is 0 Å². The van der Waals surface area contributed by atoms with Crippen LogP contribution in [0.5, 0.6) is 0 Å². The molecule has 25 heavy (non-hydrogen) atoms. The molecule has 0 bridgehead atoms. The SMILES string of the molecule is Nc1nc2c(c(-c3cccc(F)c3)c1C1=NC1)CCc1ccccc1-2. The quantitative estimate of drug-likeness (QED) is 0.771. The molecule has 2 aliphatic rings. The van der Waals surface area contributed by atoms with E-state index in [0.29, 0.717) is 12.4 Å². The third kappa shape index (κ3) is 2.25. The number of nitrogens with zero attached hydrogens (tertiary/aromatic N) is 2. The van der Waals surface area contributed by atoms with Crippen molar-refractivity contribution in [2.24, 2.45) is 4.99 Å². The van der Waals surface area contributed by atoms with Crippen molar-refractivity contribution in [1.29, 1.82) is 0 Å². The van der Waals surface area contributed by atoms with Crippen LogP contribution in [-0.2, 0) is 12.8 Å². The van der Waals surface area contributed by atoms with E-state index in [-0.39, 0.29) is 5.82 Å². The molecule has 1 aliphatic carbocycles. The zero-order chi connectivity index (χ0) is 17.0. The van der Waals surface area contributed by atoms with Gasteiger partial charge in [0.15, 0.2) is 0 Å². The van der Waals surface area contributed by atoms with Gasteiger partial charge in [-0.25, -0.2) is 9.37 Å². The smallest absolute Gasteiger partial charge is 0.133 e. The van der Waals surface area contributed by atoms with E-state index < -0.39 is 0 Å². The molecule has 2 aromatic carbocycles. The highest BCUT2D eigenvalue weighted by atomic mass is 19.1. The average molecular weight is 329 g/mol. The minimum Gasteiger partial charge on any atom is -0.383 e. The zero-order valence-corrected chi connectivity index (χ0v) is 13.6. The summed E-state index contributed by atoms with van der Waals surface area (Å²) >= 11 is 0. The van der Waals surface area contributed by atoms with E-state index in [1.165, 1.54) is 11.6 Å². The zero-order valence-electron chi connectivity index (χ0n) is 13.6. The summed E-state index contributed by atoms with van der Waals surface area (Å²) in [6.45, 7) is 0.684. The van der Waals surface area contributed by atoms with Gasteiger partial charge in [0.25, 0.3) is 0 Å². The molecule has 0 amide bonds. The first kappa shape index (κ1) is 14.3. The van der Waals surface area contributed by atoms with Gasteiger partial charge < -0.3 is 5.73 Å². The number of anilines is 1. The Labute approximate surface area is 145 Å². The van der Waals surface area contributed by atoms with Crippen LogP contribution in [0.2, 0.25) is 0 Å². The number of nitrogens with two attached hydrogens (primary N) is 1. The van der Waals surface area contributed by atoms with Crippen LogP contribution in [0.3, 0.4) is 0 Å². The topological polar surface area (TPSA) is 51.3 Å². The summed E-state index contributed by atoms with van der Waals surface area (Å²) in [5.41, 5.74) is 14.5. The number of hydrogen-bond donors (Lipinski definition) is 1. The van der Waals surface area contributed by atoms with Crippen molar-refractivity contribution < 1.29 is 4.39 Å². The Hall–Kier alpha value is -3.01. The van der Waals surface area contributed by atoms with Gasteiger partial charge in [-0.3, -0.25) is 4.99 Å². The third-order valence-electron chi connectivity index (χ3n) is 4.96. The van der Waals surface area contributed by atoms with Crippen molar-refractivity contribution in [2.45, 2.75) is 12.8 Å². The summed E-state index contributed by atoms with van der Waals surface area (Å²) in [5.74, 6) is 0.229. The highest BCUT2D eigenvalue weighted by Crippen LogP contribution is 2.42. The van der Waals surface area contributed by atoms with Gasteiger partial charge in [-0.2, -0.15) is 0 Å². The van der Waals surface area contributed by atoms with E-state index in [0.717, 1.165) is 52.1 Å². The fraction of sp³-hybridized carbons (Fsp3) is 0.143. The lowest BCUT2D eigenvalue weighted by Gasteiger charge is -2.24. The van der Waals surface area contributed by atoms with E-state index in [1.807, 2.05) is 18.2 Å². The Morgan fingerprint density at radius 2 is 1.80 bits per heavy atom. The lowest BCUT2D eigenvalue weighted by Crippen LogP contribution is -2.13. The highest BCUT2D eigenvalue weighted by molar-refractivity contribution is 6.18. The van der Waals surface area contributed by atoms with Crippen molar-refractivity contribution in [3.8, 4) is 22.4 Å². The van der Waals surface area contributed by atoms with Crippen molar-refractivity contribution in [3.63, 3.8) is 0 Å². The van der Waals surface area contributed by atoms with Crippen LogP contribution in [0.1, 0.15) is 16.7 Å². The van der Waals surface area contributed by atoms with Crippen LogP contribution in [0, 0.1) is 5.82 Å². The van der Waals surface area contributed by atoms with Crippen LogP contribution in [0.25, 0.3) is 22.4 Å². The summed E-state index contributed by atoms with van der Waals surface area (Å²) in [6.07, 6.45) is 1.81. The van der Waals surface area contributed by atoms with Crippen LogP contribution in [0.15, 0.2) is 53.5 Å². The maximum absolute atomic E-state index is 13.9. The van der Waals surface area contributed by atoms with Gasteiger partial charge in [0.05, 0.1) is 18.0 Å². The number of aryl methyl sites for hydroxylation is 1. The summed E-state index contributed by atoms with van der Waals surface area (Å²) < 4.78 is 13.9. The number of pyridine rings is 1. The van der Waals surface area contributed by atoms with Gasteiger partial charge >= 0.3 is 0 Å². The molecule has 0 saturated carbocycles. The maximum Gasteiger partial charge on any atom is 0.133 e. The van der Waals surface area contributed by atoms with Gasteiger partial charge in [-0.15, -0.1) is 0 Å². The molecule has 0 unspecified atom stereocenters. The molecule has 122 valence electrons. The lowest BCUT2D eigenvalue weighted by atomic mass is 9.82. The first-order valence-corrected chi connectivity index (χ1v) is 8.42. The molecule has 3 nitrogen and oxygen atoms in total. The molecule has 0 spiro atoms. The Morgan fingerprint density at radius 1 is 0.960 bits per heavy atom. The fourth-order valence-electron chi connectivity index (χ4n) is 3.79. The van der Waals surface area contributed by atoms with Gasteiger partial charge in [0, 0.05) is 11.1 Å². The van der Waals surface area contributed by atoms with Crippen LogP contribution in [-0.4, -0.2) is 17.2 Å². The molecule has 2 N–H and O–H groups in total. The summed E-state index contributed by atoms with van der Waals surface area (Å²) in [6, 6.07) is 15.0. The third-order valence-corrected chi connectivity index (χ3v) is 4.96. The van der Waals surface area contributed by atoms with Gasteiger partial charge in [0.1, 0.15) is 11.6 Å². The number of hydrogen-bond acceptors (Lipinski definition) is 3. The van der Waals surface area contributed by atoms with Gasteiger partial charge in [-0.05, 0) is 47.2 Å². The van der Waals surface area contributed by atoms with Gasteiger partial charge in [-0.1, -0.05) is 36.4 Å². The molecule has 5 rings (SSSR count). The Kier molecular flexibility index (Phi) is 3.01. The summed E-state index contributed by atoms with van der Waals surface area (Å²) in [5, 5.41) is 0. The van der Waals surface area contributed by atoms with Crippen molar-refractivity contribution in [3.05, 3.63) is 71.0 Å². The molecular formula is C21H16FN3. The fourth-order valence-corrected chi connectivity index (χ4v) is 3.79. The summed E-state index contributed by atoms with van der Waals surface area (Å²) in [4.78, 5) is 9.07. The molecule has 3 aromatic rings. The van der Waals surface area contributed by atoms with E-state index in [9.17, 15) is 4.39 Å². The number of fused-ring (bicyclic) bond motifs is 3. The second kappa shape index (κ2) is 5.24. The lowest BCUT2D eigenvalue weighted by molar-refractivity contribution is 0.628. The molecule has 0 saturated heterocycles. The standard InChI is InChI=1S/C21H16FN3/c22-14-6-3-5-13(10-14)18-16-9-8-12-4-1-2-7-15(12)20(16)25-21(23)19(18)17-11-24-17/h1-7,10H,8-9,11H2,(H2,23,25). The number of rotatable bonds is 2. The number of benzene rings is 2. The number of halogens is 1. The molecular weight excluding hydrogens is 313 g/mol. The molecule has 0 radical (unpaired) electrons. The maximum atomic E-state index is 13.9. The van der Waals surface area contributed by atoms with Crippen molar-refractivity contribution in [1.82, 2.24) is 4.98 Å². The molecule has 0 fully saturated rings. The Bertz CT molecular complexity index is 1050. The largest absolute Gasteiger partial charge is 0.383 e. The van der Waals surface area contributed by atoms with Crippen LogP contribution >= 0.6 is 0 Å². The highest BCUT2D eigenvalue weighted by Gasteiger charge is 2.29. The van der Waals surface area contributed by atoms with Crippen molar-refractivity contribution in [2.75, 3.05) is 12.3 Å². The molecule has 4 heteroatoms. The average Bonchev–Trinajstić information content (AvgIpc) is 3.45. The Balaban J connectivity index is 1.86.